The predicted molar refractivity (Wildman–Crippen MR) is 72.3 cm³/mol. The van der Waals surface area contributed by atoms with Crippen molar-refractivity contribution in [3.05, 3.63) is 34.0 Å². The maximum Gasteiger partial charge on any atom is 0.147 e. The molecule has 0 aliphatic rings. The van der Waals surface area contributed by atoms with E-state index in [1.807, 2.05) is 0 Å². The van der Waals surface area contributed by atoms with Crippen LogP contribution >= 0.6 is 22.9 Å². The van der Waals surface area contributed by atoms with Crippen LogP contribution in [-0.4, -0.2) is 16.7 Å². The van der Waals surface area contributed by atoms with E-state index in [0.29, 0.717) is 6.54 Å². The molecule has 0 bridgehead atoms. The van der Waals surface area contributed by atoms with Gasteiger partial charge in [-0.15, -0.1) is 10.2 Å². The number of benzene rings is 1. The monoisotopic (exact) mass is 285 g/mol. The van der Waals surface area contributed by atoms with E-state index in [2.05, 4.69) is 22.4 Å². The van der Waals surface area contributed by atoms with Crippen LogP contribution in [0, 0.1) is 5.82 Å². The summed E-state index contributed by atoms with van der Waals surface area (Å²) in [6, 6.07) is 4.57. The third-order valence-electron chi connectivity index (χ3n) is 2.34. The van der Waals surface area contributed by atoms with Gasteiger partial charge in [0.05, 0.1) is 5.02 Å². The highest BCUT2D eigenvalue weighted by atomic mass is 35.5. The second kappa shape index (κ2) is 6.22. The summed E-state index contributed by atoms with van der Waals surface area (Å²) >= 11 is 7.23. The second-order valence-corrected chi connectivity index (χ2v) is 5.28. The topological polar surface area (TPSA) is 37.8 Å². The Morgan fingerprint density at radius 3 is 2.94 bits per heavy atom. The number of nitrogens with zero attached hydrogens (tertiary/aromatic N) is 2. The SMILES string of the molecule is CCCNCc1nnc(-c2ccc(F)c(Cl)c2)s1. The highest BCUT2D eigenvalue weighted by molar-refractivity contribution is 7.14. The first-order chi connectivity index (χ1) is 8.70. The summed E-state index contributed by atoms with van der Waals surface area (Å²) in [6.45, 7) is 3.77. The number of rotatable bonds is 5. The van der Waals surface area contributed by atoms with E-state index < -0.39 is 5.82 Å². The van der Waals surface area contributed by atoms with Crippen molar-refractivity contribution in [1.82, 2.24) is 15.5 Å². The van der Waals surface area contributed by atoms with Gasteiger partial charge in [0.1, 0.15) is 15.8 Å². The zero-order valence-corrected chi connectivity index (χ0v) is 11.5. The minimum absolute atomic E-state index is 0.105. The normalized spacial score (nSPS) is 10.8. The molecule has 1 N–H and O–H groups in total. The fourth-order valence-corrected chi connectivity index (χ4v) is 2.43. The van der Waals surface area contributed by atoms with Crippen molar-refractivity contribution in [3.8, 4) is 10.6 Å². The minimum atomic E-state index is -0.422. The molecule has 2 aromatic rings. The highest BCUT2D eigenvalue weighted by Gasteiger charge is 2.08. The van der Waals surface area contributed by atoms with Crippen LogP contribution in [0.15, 0.2) is 18.2 Å². The van der Waals surface area contributed by atoms with Gasteiger partial charge in [-0.3, -0.25) is 0 Å². The van der Waals surface area contributed by atoms with Gasteiger partial charge in [-0.25, -0.2) is 4.39 Å². The van der Waals surface area contributed by atoms with E-state index in [0.717, 1.165) is 28.5 Å². The molecule has 1 aromatic heterocycles. The predicted octanol–water partition coefficient (Wildman–Crippen LogP) is 3.50. The fraction of sp³-hybridized carbons (Fsp3) is 0.333. The van der Waals surface area contributed by atoms with Crippen LogP contribution in [0.1, 0.15) is 18.4 Å². The Hall–Kier alpha value is -1.04. The largest absolute Gasteiger partial charge is 0.310 e. The number of aromatic nitrogens is 2. The van der Waals surface area contributed by atoms with Crippen LogP contribution < -0.4 is 5.32 Å². The Labute approximate surface area is 114 Å². The molecule has 1 aromatic carbocycles. The molecule has 6 heteroatoms. The summed E-state index contributed by atoms with van der Waals surface area (Å²) < 4.78 is 13.1. The smallest absolute Gasteiger partial charge is 0.147 e. The highest BCUT2D eigenvalue weighted by Crippen LogP contribution is 2.27. The van der Waals surface area contributed by atoms with Gasteiger partial charge < -0.3 is 5.32 Å². The molecule has 0 aliphatic carbocycles. The Bertz CT molecular complexity index is 530. The maximum absolute atomic E-state index is 13.1. The van der Waals surface area contributed by atoms with Crippen molar-refractivity contribution in [2.24, 2.45) is 0 Å². The molecule has 1 heterocycles. The van der Waals surface area contributed by atoms with Crippen molar-refractivity contribution in [2.75, 3.05) is 6.54 Å². The molecule has 0 atom stereocenters. The first-order valence-corrected chi connectivity index (χ1v) is 6.88. The second-order valence-electron chi connectivity index (χ2n) is 3.81. The molecule has 0 aliphatic heterocycles. The number of nitrogens with one attached hydrogen (secondary N) is 1. The summed E-state index contributed by atoms with van der Waals surface area (Å²) in [7, 11) is 0. The van der Waals surface area contributed by atoms with Crippen LogP contribution in [0.5, 0.6) is 0 Å². The van der Waals surface area contributed by atoms with Gasteiger partial charge in [0, 0.05) is 12.1 Å². The lowest BCUT2D eigenvalue weighted by atomic mass is 10.2. The molecule has 0 saturated heterocycles. The molecule has 18 heavy (non-hydrogen) atoms. The van der Waals surface area contributed by atoms with E-state index in [4.69, 9.17) is 11.6 Å². The van der Waals surface area contributed by atoms with Crippen molar-refractivity contribution < 1.29 is 4.39 Å². The van der Waals surface area contributed by atoms with Crippen LogP contribution in [0.2, 0.25) is 5.02 Å². The lowest BCUT2D eigenvalue weighted by Crippen LogP contribution is -2.13. The molecule has 3 nitrogen and oxygen atoms in total. The third-order valence-corrected chi connectivity index (χ3v) is 3.60. The first kappa shape index (κ1) is 13.4. The van der Waals surface area contributed by atoms with Gasteiger partial charge in [0.2, 0.25) is 0 Å². The summed E-state index contributed by atoms with van der Waals surface area (Å²) in [5, 5.41) is 13.2. The first-order valence-electron chi connectivity index (χ1n) is 5.69. The summed E-state index contributed by atoms with van der Waals surface area (Å²) in [5.41, 5.74) is 0.792. The lowest BCUT2D eigenvalue weighted by Gasteiger charge is -1.98. The van der Waals surface area contributed by atoms with Gasteiger partial charge in [-0.1, -0.05) is 29.9 Å². The van der Waals surface area contributed by atoms with E-state index in [1.165, 1.54) is 17.4 Å². The zero-order chi connectivity index (χ0) is 13.0. The third kappa shape index (κ3) is 3.25. The standard InChI is InChI=1S/C12H13ClFN3S/c1-2-5-15-7-11-16-17-12(18-11)8-3-4-10(14)9(13)6-8/h3-4,6,15H,2,5,7H2,1H3. The average Bonchev–Trinajstić information content (AvgIpc) is 2.82. The fourth-order valence-electron chi connectivity index (χ4n) is 1.44. The van der Waals surface area contributed by atoms with Crippen molar-refractivity contribution in [2.45, 2.75) is 19.9 Å². The van der Waals surface area contributed by atoms with Gasteiger partial charge >= 0.3 is 0 Å². The number of halogens is 2. The van der Waals surface area contributed by atoms with Crippen LogP contribution in [0.4, 0.5) is 4.39 Å². The number of hydrogen-bond acceptors (Lipinski definition) is 4. The van der Waals surface area contributed by atoms with Crippen LogP contribution in [-0.2, 0) is 6.54 Å². The van der Waals surface area contributed by atoms with Gasteiger partial charge in [0.15, 0.2) is 0 Å². The van der Waals surface area contributed by atoms with Gasteiger partial charge in [0.25, 0.3) is 0 Å². The quantitative estimate of drug-likeness (QED) is 0.855. The summed E-state index contributed by atoms with van der Waals surface area (Å²) in [4.78, 5) is 0. The Balaban J connectivity index is 2.11. The van der Waals surface area contributed by atoms with Crippen LogP contribution in [0.25, 0.3) is 10.6 Å². The molecule has 2 rings (SSSR count). The molecule has 0 spiro atoms. The van der Waals surface area contributed by atoms with E-state index in [1.54, 1.807) is 12.1 Å². The minimum Gasteiger partial charge on any atom is -0.310 e. The molecule has 0 unspecified atom stereocenters. The average molecular weight is 286 g/mol. The number of hydrogen-bond donors (Lipinski definition) is 1. The molecular weight excluding hydrogens is 273 g/mol. The zero-order valence-electron chi connectivity index (χ0n) is 9.91. The van der Waals surface area contributed by atoms with Crippen LogP contribution in [0.3, 0.4) is 0 Å². The van der Waals surface area contributed by atoms with Crippen molar-refractivity contribution >= 4 is 22.9 Å². The molecule has 0 saturated carbocycles. The van der Waals surface area contributed by atoms with Gasteiger partial charge in [-0.2, -0.15) is 0 Å². The molecule has 0 radical (unpaired) electrons. The van der Waals surface area contributed by atoms with Gasteiger partial charge in [-0.05, 0) is 31.2 Å². The van der Waals surface area contributed by atoms with E-state index in [-0.39, 0.29) is 5.02 Å². The molecule has 0 fully saturated rings. The maximum atomic E-state index is 13.1. The Morgan fingerprint density at radius 2 is 2.22 bits per heavy atom. The van der Waals surface area contributed by atoms with Crippen molar-refractivity contribution in [3.63, 3.8) is 0 Å². The summed E-state index contributed by atoms with van der Waals surface area (Å²) in [5.74, 6) is -0.422. The Kier molecular flexibility index (Phi) is 4.63. The molecule has 96 valence electrons. The Morgan fingerprint density at radius 1 is 1.39 bits per heavy atom. The van der Waals surface area contributed by atoms with Crippen molar-refractivity contribution in [1.29, 1.82) is 0 Å². The van der Waals surface area contributed by atoms with E-state index >= 15 is 0 Å². The molecular formula is C12H13ClFN3S. The lowest BCUT2D eigenvalue weighted by molar-refractivity contribution is 0.628. The molecule has 0 amide bonds. The van der Waals surface area contributed by atoms with E-state index in [9.17, 15) is 4.39 Å². The summed E-state index contributed by atoms with van der Waals surface area (Å²) in [6.07, 6.45) is 1.08.